The fourth-order valence-corrected chi connectivity index (χ4v) is 13.4. The molecule has 66 heavy (non-hydrogen) atoms. The minimum absolute atomic E-state index is 1.17. The average molecular weight is 877 g/mol. The molecule has 4 heteroatoms. The number of hydrogen-bond acceptors (Lipinski definition) is 2. The number of benzene rings is 10. The van der Waals surface area contributed by atoms with E-state index in [1.54, 1.807) is 0 Å². The van der Waals surface area contributed by atoms with Crippen LogP contribution in [0.2, 0.25) is 0 Å². The van der Waals surface area contributed by atoms with Crippen LogP contribution in [0.1, 0.15) is 11.1 Å². The zero-order valence-electron chi connectivity index (χ0n) is 36.3. The van der Waals surface area contributed by atoms with Gasteiger partial charge in [0.1, 0.15) is 0 Å². The van der Waals surface area contributed by atoms with E-state index >= 15 is 0 Å². The molecule has 2 nitrogen and oxygen atoms in total. The van der Waals surface area contributed by atoms with Gasteiger partial charge in [0.25, 0.3) is 0 Å². The van der Waals surface area contributed by atoms with Gasteiger partial charge in [-0.2, -0.15) is 0 Å². The van der Waals surface area contributed by atoms with Crippen LogP contribution in [0.25, 0.3) is 129 Å². The molecule has 4 aromatic heterocycles. The van der Waals surface area contributed by atoms with E-state index in [9.17, 15) is 0 Å². The van der Waals surface area contributed by atoms with Crippen molar-refractivity contribution in [2.45, 2.75) is 13.8 Å². The Morgan fingerprint density at radius 3 is 1.14 bits per heavy atom. The predicted molar refractivity (Wildman–Crippen MR) is 287 cm³/mol. The van der Waals surface area contributed by atoms with Gasteiger partial charge in [-0.05, 0) is 131 Å². The van der Waals surface area contributed by atoms with E-state index < -0.39 is 0 Å². The summed E-state index contributed by atoms with van der Waals surface area (Å²) in [6, 6.07) is 76.8. The molecule has 0 saturated carbocycles. The lowest BCUT2D eigenvalue weighted by Crippen LogP contribution is -1.98. The second-order valence-corrected chi connectivity index (χ2v) is 19.8. The monoisotopic (exact) mass is 876 g/mol. The van der Waals surface area contributed by atoms with Crippen molar-refractivity contribution >= 4 is 107 Å². The average Bonchev–Trinajstić information content (AvgIpc) is 4.12. The highest BCUT2D eigenvalue weighted by molar-refractivity contribution is 7.26. The van der Waals surface area contributed by atoms with Crippen molar-refractivity contribution in [3.8, 4) is 44.8 Å². The number of fused-ring (bicyclic) bond motifs is 12. The van der Waals surface area contributed by atoms with Crippen molar-refractivity contribution in [3.05, 3.63) is 217 Å². The number of nitrogens with zero attached hydrogens (tertiary/aromatic N) is 2. The number of aryl methyl sites for hydroxylation is 2. The van der Waals surface area contributed by atoms with Gasteiger partial charge in [-0.15, -0.1) is 22.7 Å². The van der Waals surface area contributed by atoms with E-state index in [2.05, 4.69) is 229 Å². The van der Waals surface area contributed by atoms with Crippen LogP contribution in [0.3, 0.4) is 0 Å². The molecule has 0 aliphatic heterocycles. The first kappa shape index (κ1) is 37.6. The molecule has 0 fully saturated rings. The summed E-state index contributed by atoms with van der Waals surface area (Å²) in [6.07, 6.45) is 0. The summed E-state index contributed by atoms with van der Waals surface area (Å²) in [7, 11) is 0. The van der Waals surface area contributed by atoms with E-state index in [1.165, 1.54) is 140 Å². The van der Waals surface area contributed by atoms with E-state index in [4.69, 9.17) is 0 Å². The Morgan fingerprint density at radius 2 is 0.682 bits per heavy atom. The third kappa shape index (κ3) is 5.53. The van der Waals surface area contributed by atoms with Gasteiger partial charge in [-0.1, -0.05) is 133 Å². The van der Waals surface area contributed by atoms with Crippen molar-refractivity contribution < 1.29 is 0 Å². The van der Waals surface area contributed by atoms with Gasteiger partial charge >= 0.3 is 0 Å². The third-order valence-corrected chi connectivity index (χ3v) is 16.4. The minimum Gasteiger partial charge on any atom is -0.309 e. The lowest BCUT2D eigenvalue weighted by atomic mass is 9.95. The Morgan fingerprint density at radius 1 is 0.288 bits per heavy atom. The second kappa shape index (κ2) is 14.4. The second-order valence-electron chi connectivity index (χ2n) is 17.7. The molecule has 0 N–H and O–H groups in total. The highest BCUT2D eigenvalue weighted by atomic mass is 32.1. The molecule has 0 atom stereocenters. The lowest BCUT2D eigenvalue weighted by molar-refractivity contribution is 1.16. The fourth-order valence-electron chi connectivity index (χ4n) is 11.0. The van der Waals surface area contributed by atoms with E-state index in [-0.39, 0.29) is 0 Å². The minimum atomic E-state index is 1.17. The number of para-hydroxylation sites is 2. The smallest absolute Gasteiger partial charge is 0.0541 e. The number of hydrogen-bond donors (Lipinski definition) is 0. The van der Waals surface area contributed by atoms with E-state index in [1.807, 2.05) is 22.7 Å². The first-order chi connectivity index (χ1) is 32.6. The van der Waals surface area contributed by atoms with E-state index in [0.717, 1.165) is 0 Å². The predicted octanol–water partition coefficient (Wildman–Crippen LogP) is 18.2. The molecule has 14 aromatic rings. The van der Waals surface area contributed by atoms with Gasteiger partial charge in [0.05, 0.1) is 22.1 Å². The maximum atomic E-state index is 2.44. The van der Waals surface area contributed by atoms with Crippen LogP contribution < -0.4 is 0 Å². The summed E-state index contributed by atoms with van der Waals surface area (Å²) >= 11 is 3.78. The SMILES string of the molecule is Cc1cc(-n2c3ccccc3c3cc(-c4cccc5c4sc4ccccc45)ccc32)ccc1-c1ccc(-n2c3ccccc3c3cc(-c4cccc5c4sc4ccccc45)ccc32)cc1C. The Labute approximate surface area is 389 Å². The summed E-state index contributed by atoms with van der Waals surface area (Å²) in [6.45, 7) is 4.52. The molecule has 0 aliphatic rings. The molecular formula is C62H40N2S2. The number of rotatable bonds is 5. The molecular weight excluding hydrogens is 837 g/mol. The van der Waals surface area contributed by atoms with Gasteiger partial charge in [-0.25, -0.2) is 0 Å². The Hall–Kier alpha value is -7.76. The van der Waals surface area contributed by atoms with Crippen molar-refractivity contribution in [1.29, 1.82) is 0 Å². The topological polar surface area (TPSA) is 9.86 Å². The van der Waals surface area contributed by atoms with Gasteiger partial charge < -0.3 is 9.13 Å². The third-order valence-electron chi connectivity index (χ3n) is 14.0. The maximum Gasteiger partial charge on any atom is 0.0541 e. The Bertz CT molecular complexity index is 4040. The largest absolute Gasteiger partial charge is 0.309 e. The molecule has 0 unspecified atom stereocenters. The Balaban J connectivity index is 0.839. The highest BCUT2D eigenvalue weighted by Crippen LogP contribution is 2.44. The summed E-state index contributed by atoms with van der Waals surface area (Å²) in [5.41, 5.74) is 17.3. The van der Waals surface area contributed by atoms with Crippen LogP contribution >= 0.6 is 22.7 Å². The molecule has 4 heterocycles. The molecule has 0 spiro atoms. The quantitative estimate of drug-likeness (QED) is 0.163. The number of aromatic nitrogens is 2. The first-order valence-electron chi connectivity index (χ1n) is 22.7. The van der Waals surface area contributed by atoms with Crippen LogP contribution in [0.4, 0.5) is 0 Å². The fraction of sp³-hybridized carbons (Fsp3) is 0.0323. The summed E-state index contributed by atoms with van der Waals surface area (Å²) < 4.78 is 10.2. The summed E-state index contributed by atoms with van der Waals surface area (Å²) in [5, 5.41) is 10.4. The molecule has 0 amide bonds. The van der Waals surface area contributed by atoms with Crippen LogP contribution in [0.5, 0.6) is 0 Å². The molecule has 10 aromatic carbocycles. The van der Waals surface area contributed by atoms with Gasteiger partial charge in [0, 0.05) is 73.3 Å². The summed E-state index contributed by atoms with van der Waals surface area (Å²) in [5.74, 6) is 0. The normalized spacial score (nSPS) is 12.1. The molecule has 310 valence electrons. The molecule has 14 rings (SSSR count). The van der Waals surface area contributed by atoms with Gasteiger partial charge in [0.2, 0.25) is 0 Å². The highest BCUT2D eigenvalue weighted by Gasteiger charge is 2.19. The summed E-state index contributed by atoms with van der Waals surface area (Å²) in [4.78, 5) is 0. The molecule has 0 radical (unpaired) electrons. The van der Waals surface area contributed by atoms with E-state index in [0.29, 0.717) is 0 Å². The molecule has 0 aliphatic carbocycles. The van der Waals surface area contributed by atoms with Crippen molar-refractivity contribution in [2.75, 3.05) is 0 Å². The maximum absolute atomic E-state index is 2.44. The molecule has 0 bridgehead atoms. The zero-order valence-corrected chi connectivity index (χ0v) is 38.0. The van der Waals surface area contributed by atoms with Gasteiger partial charge in [0.15, 0.2) is 0 Å². The van der Waals surface area contributed by atoms with Crippen molar-refractivity contribution in [2.24, 2.45) is 0 Å². The molecule has 0 saturated heterocycles. The van der Waals surface area contributed by atoms with Crippen LogP contribution in [0.15, 0.2) is 206 Å². The lowest BCUT2D eigenvalue weighted by Gasteiger charge is -2.16. The van der Waals surface area contributed by atoms with Crippen LogP contribution in [0, 0.1) is 13.8 Å². The van der Waals surface area contributed by atoms with Gasteiger partial charge in [-0.3, -0.25) is 0 Å². The van der Waals surface area contributed by atoms with Crippen molar-refractivity contribution in [1.82, 2.24) is 9.13 Å². The van der Waals surface area contributed by atoms with Crippen molar-refractivity contribution in [3.63, 3.8) is 0 Å². The zero-order chi connectivity index (χ0) is 43.6. The van der Waals surface area contributed by atoms with Crippen LogP contribution in [-0.2, 0) is 0 Å². The standard InChI is InChI=1S/C62H40N2S2/c1-37-33-41(63-55-21-7-3-13-47(55)53-35-39(25-31-57(53)63)45-17-11-19-51-49-15-5-9-23-59(49)65-61(45)51)27-29-43(37)44-30-28-42(34-38(44)2)64-56-22-8-4-14-48(56)54-36-40(26-32-58(54)64)46-18-12-20-52-50-16-6-10-24-60(50)66-62(46)52/h3-36H,1-2H3. The number of thiophene rings is 2. The van der Waals surface area contributed by atoms with Crippen LogP contribution in [-0.4, -0.2) is 9.13 Å². The Kier molecular flexibility index (Phi) is 8.19. The first-order valence-corrected chi connectivity index (χ1v) is 24.3.